The lowest BCUT2D eigenvalue weighted by Gasteiger charge is -2.07. The number of rotatable bonds is 8. The molecule has 0 aliphatic rings. The van der Waals surface area contributed by atoms with E-state index in [9.17, 15) is 18.0 Å². The van der Waals surface area contributed by atoms with E-state index in [-0.39, 0.29) is 30.2 Å². The van der Waals surface area contributed by atoms with Gasteiger partial charge in [-0.2, -0.15) is 0 Å². The lowest BCUT2D eigenvalue weighted by atomic mass is 10.1. The molecule has 0 atom stereocenters. The van der Waals surface area contributed by atoms with Gasteiger partial charge in [0.2, 0.25) is 15.9 Å². The highest BCUT2D eigenvalue weighted by molar-refractivity contribution is 7.88. The van der Waals surface area contributed by atoms with Crippen molar-refractivity contribution in [3.05, 3.63) is 35.4 Å². The van der Waals surface area contributed by atoms with E-state index in [2.05, 4.69) is 10.0 Å². The molecule has 1 amide bonds. The van der Waals surface area contributed by atoms with E-state index in [0.29, 0.717) is 12.1 Å². The Hall–Kier alpha value is -1.93. The third-order valence-corrected chi connectivity index (χ3v) is 3.96. The summed E-state index contributed by atoms with van der Waals surface area (Å²) in [6.07, 6.45) is 0.0744. The molecule has 0 saturated heterocycles. The Labute approximate surface area is 123 Å². The SMILES string of the molecule is CCNC(=O)CCNS(=O)(=O)Cc1ccc(C(=O)O)cc1. The van der Waals surface area contributed by atoms with Crippen LogP contribution in [0.25, 0.3) is 0 Å². The zero-order valence-electron chi connectivity index (χ0n) is 11.6. The zero-order valence-corrected chi connectivity index (χ0v) is 12.4. The van der Waals surface area contributed by atoms with Crippen molar-refractivity contribution in [3.8, 4) is 0 Å². The van der Waals surface area contributed by atoms with Gasteiger partial charge in [0.05, 0.1) is 11.3 Å². The van der Waals surface area contributed by atoms with Crippen LogP contribution in [0.4, 0.5) is 0 Å². The van der Waals surface area contributed by atoms with E-state index in [1.54, 1.807) is 6.92 Å². The Bertz CT molecular complexity index is 595. The second-order valence-electron chi connectivity index (χ2n) is 4.36. The van der Waals surface area contributed by atoms with E-state index in [0.717, 1.165) is 0 Å². The van der Waals surface area contributed by atoms with Gasteiger partial charge in [0.25, 0.3) is 0 Å². The van der Waals surface area contributed by atoms with Crippen LogP contribution in [-0.4, -0.2) is 38.5 Å². The summed E-state index contributed by atoms with van der Waals surface area (Å²) in [4.78, 5) is 21.9. The number of carbonyl (C=O) groups is 2. The van der Waals surface area contributed by atoms with Crippen LogP contribution >= 0.6 is 0 Å². The molecule has 1 rings (SSSR count). The number of benzene rings is 1. The van der Waals surface area contributed by atoms with E-state index in [1.807, 2.05) is 0 Å². The molecule has 0 heterocycles. The van der Waals surface area contributed by atoms with E-state index in [4.69, 9.17) is 5.11 Å². The summed E-state index contributed by atoms with van der Waals surface area (Å²) in [6, 6.07) is 5.60. The molecule has 3 N–H and O–H groups in total. The zero-order chi connectivity index (χ0) is 15.9. The third-order valence-electron chi connectivity index (χ3n) is 2.61. The van der Waals surface area contributed by atoms with Crippen LogP contribution in [0.1, 0.15) is 29.3 Å². The number of carboxylic acids is 1. The molecule has 0 spiro atoms. The smallest absolute Gasteiger partial charge is 0.335 e. The molecule has 0 unspecified atom stereocenters. The maximum atomic E-state index is 11.8. The number of hydrogen-bond acceptors (Lipinski definition) is 4. The first kappa shape index (κ1) is 17.1. The minimum atomic E-state index is -3.56. The standard InChI is InChI=1S/C13H18N2O5S/c1-2-14-12(16)7-8-15-21(19,20)9-10-3-5-11(6-4-10)13(17)18/h3-6,15H,2,7-9H2,1H3,(H,14,16)(H,17,18). The molecule has 0 aromatic heterocycles. The number of carbonyl (C=O) groups excluding carboxylic acids is 1. The fourth-order valence-electron chi connectivity index (χ4n) is 1.62. The van der Waals surface area contributed by atoms with Gasteiger partial charge in [-0.1, -0.05) is 12.1 Å². The van der Waals surface area contributed by atoms with E-state index in [1.165, 1.54) is 24.3 Å². The second kappa shape index (κ2) is 7.75. The molecule has 0 fully saturated rings. The highest BCUT2D eigenvalue weighted by atomic mass is 32.2. The van der Waals surface area contributed by atoms with Crippen molar-refractivity contribution < 1.29 is 23.1 Å². The average molecular weight is 314 g/mol. The van der Waals surface area contributed by atoms with Gasteiger partial charge in [-0.25, -0.2) is 17.9 Å². The maximum absolute atomic E-state index is 11.8. The van der Waals surface area contributed by atoms with Gasteiger partial charge in [-0.15, -0.1) is 0 Å². The van der Waals surface area contributed by atoms with Crippen molar-refractivity contribution in [1.29, 1.82) is 0 Å². The summed E-state index contributed by atoms with van der Waals surface area (Å²) < 4.78 is 25.9. The lowest BCUT2D eigenvalue weighted by Crippen LogP contribution is -2.31. The van der Waals surface area contributed by atoms with Crippen LogP contribution < -0.4 is 10.0 Å². The molecule has 0 saturated carbocycles. The maximum Gasteiger partial charge on any atom is 0.335 e. The Morgan fingerprint density at radius 3 is 2.33 bits per heavy atom. The molecular formula is C13H18N2O5S. The highest BCUT2D eigenvalue weighted by Crippen LogP contribution is 2.08. The first-order chi connectivity index (χ1) is 9.84. The number of nitrogens with one attached hydrogen (secondary N) is 2. The molecule has 0 radical (unpaired) electrons. The molecule has 1 aromatic carbocycles. The summed E-state index contributed by atoms with van der Waals surface area (Å²) in [5, 5.41) is 11.3. The molecule has 0 aliphatic carbocycles. The first-order valence-electron chi connectivity index (χ1n) is 6.40. The van der Waals surface area contributed by atoms with E-state index < -0.39 is 16.0 Å². The molecule has 116 valence electrons. The number of hydrogen-bond donors (Lipinski definition) is 3. The Morgan fingerprint density at radius 2 is 1.81 bits per heavy atom. The van der Waals surface area contributed by atoms with Gasteiger partial charge in [-0.05, 0) is 24.6 Å². The third kappa shape index (κ3) is 6.37. The molecule has 7 nitrogen and oxygen atoms in total. The molecular weight excluding hydrogens is 296 g/mol. The summed E-state index contributed by atoms with van der Waals surface area (Å²) in [5.41, 5.74) is 0.575. The highest BCUT2D eigenvalue weighted by Gasteiger charge is 2.12. The Morgan fingerprint density at radius 1 is 1.19 bits per heavy atom. The van der Waals surface area contributed by atoms with Crippen molar-refractivity contribution in [2.45, 2.75) is 19.1 Å². The molecule has 0 bridgehead atoms. The van der Waals surface area contributed by atoms with Crippen LogP contribution in [0.15, 0.2) is 24.3 Å². The minimum absolute atomic E-state index is 0.0291. The summed E-state index contributed by atoms with van der Waals surface area (Å²) in [6.45, 7) is 2.31. The van der Waals surface area contributed by atoms with Crippen molar-refractivity contribution in [2.24, 2.45) is 0 Å². The molecule has 1 aromatic rings. The monoisotopic (exact) mass is 314 g/mol. The predicted octanol–water partition coefficient (Wildman–Crippen LogP) is 0.330. The number of aromatic carboxylic acids is 1. The van der Waals surface area contributed by atoms with E-state index >= 15 is 0 Å². The summed E-state index contributed by atoms with van der Waals surface area (Å²) in [7, 11) is -3.56. The molecule has 21 heavy (non-hydrogen) atoms. The summed E-state index contributed by atoms with van der Waals surface area (Å²) in [5.74, 6) is -1.54. The van der Waals surface area contributed by atoms with Gasteiger partial charge in [0, 0.05) is 19.5 Å². The van der Waals surface area contributed by atoms with Crippen LogP contribution in [0.2, 0.25) is 0 Å². The Kier molecular flexibility index (Phi) is 6.32. The van der Waals surface area contributed by atoms with Crippen LogP contribution in [-0.2, 0) is 20.6 Å². The van der Waals surface area contributed by atoms with Crippen molar-refractivity contribution in [3.63, 3.8) is 0 Å². The van der Waals surface area contributed by atoms with Crippen molar-refractivity contribution in [1.82, 2.24) is 10.0 Å². The average Bonchev–Trinajstić information content (AvgIpc) is 2.38. The van der Waals surface area contributed by atoms with Gasteiger partial charge in [0.15, 0.2) is 0 Å². The predicted molar refractivity (Wildman–Crippen MR) is 77.3 cm³/mol. The van der Waals surface area contributed by atoms with Crippen molar-refractivity contribution >= 4 is 21.9 Å². The van der Waals surface area contributed by atoms with Gasteiger partial charge in [0.1, 0.15) is 0 Å². The topological polar surface area (TPSA) is 113 Å². The number of sulfonamides is 1. The van der Waals surface area contributed by atoms with Gasteiger partial charge >= 0.3 is 5.97 Å². The normalized spacial score (nSPS) is 11.1. The lowest BCUT2D eigenvalue weighted by molar-refractivity contribution is -0.120. The molecule has 8 heteroatoms. The fourth-order valence-corrected chi connectivity index (χ4v) is 2.77. The molecule has 0 aliphatic heterocycles. The van der Waals surface area contributed by atoms with Crippen LogP contribution in [0, 0.1) is 0 Å². The number of carboxylic acid groups (broad SMARTS) is 1. The van der Waals surface area contributed by atoms with Gasteiger partial charge in [-0.3, -0.25) is 4.79 Å². The minimum Gasteiger partial charge on any atom is -0.478 e. The van der Waals surface area contributed by atoms with Crippen LogP contribution in [0.5, 0.6) is 0 Å². The number of amides is 1. The second-order valence-corrected chi connectivity index (χ2v) is 6.17. The largest absolute Gasteiger partial charge is 0.478 e. The van der Waals surface area contributed by atoms with Crippen molar-refractivity contribution in [2.75, 3.05) is 13.1 Å². The van der Waals surface area contributed by atoms with Gasteiger partial charge < -0.3 is 10.4 Å². The summed E-state index contributed by atoms with van der Waals surface area (Å²) >= 11 is 0. The fraction of sp³-hybridized carbons (Fsp3) is 0.385. The first-order valence-corrected chi connectivity index (χ1v) is 8.05. The Balaban J connectivity index is 2.52. The van der Waals surface area contributed by atoms with Crippen LogP contribution in [0.3, 0.4) is 0 Å². The quantitative estimate of drug-likeness (QED) is 0.640.